The fourth-order valence-electron chi connectivity index (χ4n) is 0.777. The third-order valence-electron chi connectivity index (χ3n) is 1.37. The number of hydrogen-bond donors (Lipinski definition) is 1. The van der Waals surface area contributed by atoms with Gasteiger partial charge in [-0.1, -0.05) is 6.58 Å². The predicted octanol–water partition coefficient (Wildman–Crippen LogP) is 1.49. The highest BCUT2D eigenvalue weighted by Gasteiger charge is 1.92. The summed E-state index contributed by atoms with van der Waals surface area (Å²) < 4.78 is 0. The van der Waals surface area contributed by atoms with Gasteiger partial charge in [-0.3, -0.25) is 9.97 Å². The number of rotatable bonds is 3. The van der Waals surface area contributed by atoms with Crippen molar-refractivity contribution in [1.82, 2.24) is 15.3 Å². The van der Waals surface area contributed by atoms with Gasteiger partial charge in [0.05, 0.1) is 11.4 Å². The molecule has 0 amide bonds. The normalized spacial score (nSPS) is 10.1. The van der Waals surface area contributed by atoms with Crippen molar-refractivity contribution in [1.29, 1.82) is 0 Å². The molecule has 3 heteroatoms. The summed E-state index contributed by atoms with van der Waals surface area (Å²) in [7, 11) is 0. The standard InChI is InChI=1S/C9H11N3/c1-3-10-5-4-9-8(2)11-6-7-12-9/h3-7,10H,1H2,2H3/b5-4-. The number of nitrogens with one attached hydrogen (secondary N) is 1. The first-order chi connectivity index (χ1) is 5.84. The zero-order chi connectivity index (χ0) is 8.81. The van der Waals surface area contributed by atoms with Crippen LogP contribution in [0.2, 0.25) is 0 Å². The minimum atomic E-state index is 0.867. The van der Waals surface area contributed by atoms with Crippen molar-refractivity contribution in [2.75, 3.05) is 0 Å². The highest BCUT2D eigenvalue weighted by molar-refractivity contribution is 5.45. The van der Waals surface area contributed by atoms with E-state index in [2.05, 4.69) is 21.9 Å². The highest BCUT2D eigenvalue weighted by Crippen LogP contribution is 2.00. The van der Waals surface area contributed by atoms with Crippen LogP contribution in [0.25, 0.3) is 6.08 Å². The van der Waals surface area contributed by atoms with Gasteiger partial charge in [0.2, 0.25) is 0 Å². The Bertz CT molecular complexity index is 292. The maximum absolute atomic E-state index is 4.13. The van der Waals surface area contributed by atoms with Crippen LogP contribution >= 0.6 is 0 Å². The first-order valence-corrected chi connectivity index (χ1v) is 3.65. The van der Waals surface area contributed by atoms with E-state index in [9.17, 15) is 0 Å². The Labute approximate surface area is 71.9 Å². The van der Waals surface area contributed by atoms with E-state index >= 15 is 0 Å². The lowest BCUT2D eigenvalue weighted by atomic mass is 10.3. The van der Waals surface area contributed by atoms with Gasteiger partial charge in [0.25, 0.3) is 0 Å². The second kappa shape index (κ2) is 4.28. The molecule has 62 valence electrons. The van der Waals surface area contributed by atoms with E-state index in [0.29, 0.717) is 0 Å². The van der Waals surface area contributed by atoms with E-state index in [-0.39, 0.29) is 0 Å². The molecule has 0 radical (unpaired) electrons. The van der Waals surface area contributed by atoms with Crippen LogP contribution in [-0.4, -0.2) is 9.97 Å². The molecule has 0 aliphatic heterocycles. The molecule has 0 fully saturated rings. The van der Waals surface area contributed by atoms with Gasteiger partial charge in [0.15, 0.2) is 0 Å². The number of hydrogen-bond acceptors (Lipinski definition) is 3. The van der Waals surface area contributed by atoms with Crippen molar-refractivity contribution in [2.24, 2.45) is 0 Å². The van der Waals surface area contributed by atoms with E-state index in [1.54, 1.807) is 24.8 Å². The Kier molecular flexibility index (Phi) is 3.02. The van der Waals surface area contributed by atoms with Gasteiger partial charge in [-0.15, -0.1) is 0 Å². The van der Waals surface area contributed by atoms with Crippen LogP contribution in [0.15, 0.2) is 31.4 Å². The average molecular weight is 161 g/mol. The maximum Gasteiger partial charge on any atom is 0.0856 e. The van der Waals surface area contributed by atoms with E-state index in [4.69, 9.17) is 0 Å². The molecule has 1 heterocycles. The topological polar surface area (TPSA) is 37.8 Å². The number of aromatic nitrogens is 2. The SMILES string of the molecule is C=CN/C=C\c1nccnc1C. The molecule has 1 rings (SSSR count). The van der Waals surface area contributed by atoms with Crippen LogP contribution in [0.5, 0.6) is 0 Å². The highest BCUT2D eigenvalue weighted by atomic mass is 14.8. The first kappa shape index (κ1) is 8.46. The number of nitrogens with zero attached hydrogens (tertiary/aromatic N) is 2. The van der Waals surface area contributed by atoms with E-state index in [1.165, 1.54) is 0 Å². The van der Waals surface area contributed by atoms with Crippen LogP contribution in [0.1, 0.15) is 11.4 Å². The zero-order valence-electron chi connectivity index (χ0n) is 6.99. The summed E-state index contributed by atoms with van der Waals surface area (Å²) in [5, 5.41) is 2.84. The molecule has 0 unspecified atom stereocenters. The van der Waals surface area contributed by atoms with Crippen LogP contribution in [0.4, 0.5) is 0 Å². The lowest BCUT2D eigenvalue weighted by molar-refractivity contribution is 1.09. The lowest BCUT2D eigenvalue weighted by Gasteiger charge is -1.95. The smallest absolute Gasteiger partial charge is 0.0856 e. The van der Waals surface area contributed by atoms with Crippen molar-refractivity contribution < 1.29 is 0 Å². The molecule has 1 aromatic heterocycles. The van der Waals surface area contributed by atoms with Gasteiger partial charge in [-0.2, -0.15) is 0 Å². The molecule has 3 nitrogen and oxygen atoms in total. The Balaban J connectivity index is 2.74. The van der Waals surface area contributed by atoms with Crippen molar-refractivity contribution in [3.05, 3.63) is 42.8 Å². The minimum absolute atomic E-state index is 0.867. The van der Waals surface area contributed by atoms with Gasteiger partial charge in [0, 0.05) is 18.6 Å². The van der Waals surface area contributed by atoms with Gasteiger partial charge in [-0.25, -0.2) is 0 Å². The Morgan fingerprint density at radius 2 is 2.17 bits per heavy atom. The monoisotopic (exact) mass is 161 g/mol. The summed E-state index contributed by atoms with van der Waals surface area (Å²) in [5.74, 6) is 0. The molecule has 0 bridgehead atoms. The molecule has 0 aliphatic rings. The summed E-state index contributed by atoms with van der Waals surface area (Å²) in [6.07, 6.45) is 8.56. The lowest BCUT2D eigenvalue weighted by Crippen LogP contribution is -1.93. The van der Waals surface area contributed by atoms with Crippen LogP contribution in [-0.2, 0) is 0 Å². The van der Waals surface area contributed by atoms with Gasteiger partial charge in [-0.05, 0) is 19.2 Å². The second-order valence-corrected chi connectivity index (χ2v) is 2.23. The van der Waals surface area contributed by atoms with Gasteiger partial charge < -0.3 is 5.32 Å². The van der Waals surface area contributed by atoms with Crippen molar-refractivity contribution in [3.63, 3.8) is 0 Å². The summed E-state index contributed by atoms with van der Waals surface area (Å²) in [6.45, 7) is 5.43. The van der Waals surface area contributed by atoms with Crippen LogP contribution in [0.3, 0.4) is 0 Å². The van der Waals surface area contributed by atoms with Crippen molar-refractivity contribution in [2.45, 2.75) is 6.92 Å². The van der Waals surface area contributed by atoms with Crippen LogP contribution < -0.4 is 5.32 Å². The second-order valence-electron chi connectivity index (χ2n) is 2.23. The Morgan fingerprint density at radius 3 is 2.83 bits per heavy atom. The van der Waals surface area contributed by atoms with E-state index < -0.39 is 0 Å². The molecule has 0 aromatic carbocycles. The third-order valence-corrected chi connectivity index (χ3v) is 1.37. The fraction of sp³-hybridized carbons (Fsp3) is 0.111. The molecule has 1 N–H and O–H groups in total. The summed E-state index contributed by atoms with van der Waals surface area (Å²) in [4.78, 5) is 8.22. The van der Waals surface area contributed by atoms with Gasteiger partial charge in [0.1, 0.15) is 0 Å². The van der Waals surface area contributed by atoms with Crippen molar-refractivity contribution in [3.8, 4) is 0 Å². The molecule has 0 atom stereocenters. The predicted molar refractivity (Wildman–Crippen MR) is 49.1 cm³/mol. The van der Waals surface area contributed by atoms with E-state index in [1.807, 2.05) is 13.0 Å². The maximum atomic E-state index is 4.13. The molecule has 12 heavy (non-hydrogen) atoms. The molecule has 0 saturated carbocycles. The van der Waals surface area contributed by atoms with Crippen molar-refractivity contribution >= 4 is 6.08 Å². The Morgan fingerprint density at radius 1 is 1.42 bits per heavy atom. The third kappa shape index (κ3) is 2.20. The fourth-order valence-corrected chi connectivity index (χ4v) is 0.777. The quantitative estimate of drug-likeness (QED) is 0.729. The molecule has 1 aromatic rings. The molecular formula is C9H11N3. The van der Waals surface area contributed by atoms with E-state index in [0.717, 1.165) is 11.4 Å². The Hall–Kier alpha value is -1.64. The minimum Gasteiger partial charge on any atom is -0.368 e. The summed E-state index contributed by atoms with van der Waals surface area (Å²) in [5.41, 5.74) is 1.78. The van der Waals surface area contributed by atoms with Gasteiger partial charge >= 0.3 is 0 Å². The summed E-state index contributed by atoms with van der Waals surface area (Å²) >= 11 is 0. The largest absolute Gasteiger partial charge is 0.368 e. The zero-order valence-corrected chi connectivity index (χ0v) is 6.99. The number of aryl methyl sites for hydroxylation is 1. The first-order valence-electron chi connectivity index (χ1n) is 3.65. The molecule has 0 aliphatic carbocycles. The molecule has 0 spiro atoms. The molecular weight excluding hydrogens is 150 g/mol. The van der Waals surface area contributed by atoms with Crippen LogP contribution in [0, 0.1) is 6.92 Å². The average Bonchev–Trinajstić information content (AvgIpc) is 2.09. The summed E-state index contributed by atoms with van der Waals surface area (Å²) in [6, 6.07) is 0. The molecule has 0 saturated heterocycles.